The van der Waals surface area contributed by atoms with Crippen LogP contribution >= 0.6 is 11.8 Å². The molecule has 0 bridgehead atoms. The van der Waals surface area contributed by atoms with Crippen LogP contribution in [-0.4, -0.2) is 22.7 Å². The number of hydrogen-bond donors (Lipinski definition) is 1. The van der Waals surface area contributed by atoms with Gasteiger partial charge in [-0.15, -0.1) is 0 Å². The van der Waals surface area contributed by atoms with Crippen molar-refractivity contribution in [2.45, 2.75) is 51.6 Å². The third-order valence-corrected chi connectivity index (χ3v) is 3.89. The molecule has 78 valence electrons. The Bertz CT molecular complexity index is 127. The first-order valence-electron chi connectivity index (χ1n) is 5.60. The fourth-order valence-corrected chi connectivity index (χ4v) is 2.84. The van der Waals surface area contributed by atoms with Crippen molar-refractivity contribution in [1.29, 1.82) is 0 Å². The Morgan fingerprint density at radius 2 is 2.00 bits per heavy atom. The summed E-state index contributed by atoms with van der Waals surface area (Å²) in [6.45, 7) is 2.20. The maximum Gasteiger partial charge on any atom is 0.0568 e. The van der Waals surface area contributed by atoms with Gasteiger partial charge in [0.15, 0.2) is 0 Å². The molecule has 2 unspecified atom stereocenters. The van der Waals surface area contributed by atoms with Crippen LogP contribution in [0.4, 0.5) is 0 Å². The molecule has 0 spiro atoms. The van der Waals surface area contributed by atoms with Gasteiger partial charge < -0.3 is 5.11 Å². The van der Waals surface area contributed by atoms with Crippen molar-refractivity contribution in [2.75, 3.05) is 11.5 Å². The topological polar surface area (TPSA) is 20.2 Å². The minimum atomic E-state index is -0.0000406. The Hall–Kier alpha value is 0.310. The number of thioether (sulfide) groups is 1. The summed E-state index contributed by atoms with van der Waals surface area (Å²) < 4.78 is 0. The second-order valence-corrected chi connectivity index (χ2v) is 5.34. The van der Waals surface area contributed by atoms with Crippen LogP contribution in [0.3, 0.4) is 0 Å². The third-order valence-electron chi connectivity index (χ3n) is 2.96. The van der Waals surface area contributed by atoms with Gasteiger partial charge in [0.2, 0.25) is 0 Å². The van der Waals surface area contributed by atoms with Crippen molar-refractivity contribution in [2.24, 2.45) is 5.92 Å². The first-order valence-corrected chi connectivity index (χ1v) is 6.76. The van der Waals surface area contributed by atoms with Crippen LogP contribution in [-0.2, 0) is 0 Å². The second-order valence-electron chi connectivity index (χ2n) is 3.95. The van der Waals surface area contributed by atoms with E-state index in [1.165, 1.54) is 43.6 Å². The van der Waals surface area contributed by atoms with E-state index in [9.17, 15) is 5.11 Å². The molecule has 0 aromatic rings. The zero-order valence-electron chi connectivity index (χ0n) is 8.67. The lowest BCUT2D eigenvalue weighted by Crippen LogP contribution is -2.19. The van der Waals surface area contributed by atoms with Crippen molar-refractivity contribution >= 4 is 11.8 Å². The van der Waals surface area contributed by atoms with Crippen LogP contribution in [0.25, 0.3) is 0 Å². The molecule has 0 aromatic heterocycles. The molecular weight excluding hydrogens is 180 g/mol. The lowest BCUT2D eigenvalue weighted by atomic mass is 9.95. The first-order chi connectivity index (χ1) is 6.34. The Labute approximate surface area is 86.3 Å². The highest BCUT2D eigenvalue weighted by atomic mass is 32.2. The van der Waals surface area contributed by atoms with Gasteiger partial charge in [-0.2, -0.15) is 11.8 Å². The van der Waals surface area contributed by atoms with E-state index in [2.05, 4.69) is 6.92 Å². The fourth-order valence-electron chi connectivity index (χ4n) is 2.08. The van der Waals surface area contributed by atoms with Gasteiger partial charge >= 0.3 is 0 Å². The standard InChI is InChI=1S/C11H22OS/c1-2-13-9-8-10-6-4-3-5-7-11(10)12/h10-12H,2-9H2,1H3. The molecule has 2 heteroatoms. The van der Waals surface area contributed by atoms with Crippen LogP contribution < -0.4 is 0 Å². The van der Waals surface area contributed by atoms with Gasteiger partial charge in [-0.25, -0.2) is 0 Å². The molecule has 0 aromatic carbocycles. The third kappa shape index (κ3) is 4.37. The van der Waals surface area contributed by atoms with Crippen molar-refractivity contribution in [1.82, 2.24) is 0 Å². The molecule has 1 rings (SSSR count). The monoisotopic (exact) mass is 202 g/mol. The van der Waals surface area contributed by atoms with E-state index in [-0.39, 0.29) is 6.10 Å². The van der Waals surface area contributed by atoms with E-state index in [0.717, 1.165) is 6.42 Å². The normalized spacial score (nSPS) is 30.0. The molecule has 0 heterocycles. The van der Waals surface area contributed by atoms with Crippen LogP contribution in [0, 0.1) is 5.92 Å². The fraction of sp³-hybridized carbons (Fsp3) is 1.00. The molecule has 1 aliphatic carbocycles. The predicted octanol–water partition coefficient (Wildman–Crippen LogP) is 3.07. The van der Waals surface area contributed by atoms with E-state index < -0.39 is 0 Å². The molecule has 0 radical (unpaired) electrons. The average Bonchev–Trinajstić information content (AvgIpc) is 2.32. The number of rotatable bonds is 4. The first kappa shape index (κ1) is 11.4. The summed E-state index contributed by atoms with van der Waals surface area (Å²) in [5, 5.41) is 9.84. The quantitative estimate of drug-likeness (QED) is 0.558. The van der Waals surface area contributed by atoms with Crippen LogP contribution in [0.1, 0.15) is 45.4 Å². The molecule has 13 heavy (non-hydrogen) atoms. The Morgan fingerprint density at radius 3 is 2.77 bits per heavy atom. The molecule has 0 amide bonds. The molecular formula is C11H22OS. The maximum atomic E-state index is 9.84. The SMILES string of the molecule is CCSCCC1CCCCCC1O. The van der Waals surface area contributed by atoms with Crippen LogP contribution in [0.5, 0.6) is 0 Å². The Morgan fingerprint density at radius 1 is 1.23 bits per heavy atom. The second kappa shape index (κ2) is 6.72. The van der Waals surface area contributed by atoms with Crippen molar-refractivity contribution in [3.63, 3.8) is 0 Å². The van der Waals surface area contributed by atoms with E-state index >= 15 is 0 Å². The van der Waals surface area contributed by atoms with E-state index in [4.69, 9.17) is 0 Å². The van der Waals surface area contributed by atoms with E-state index in [1.54, 1.807) is 0 Å². The summed E-state index contributed by atoms with van der Waals surface area (Å²) >= 11 is 2.00. The van der Waals surface area contributed by atoms with Gasteiger partial charge in [0.25, 0.3) is 0 Å². The summed E-state index contributed by atoms with van der Waals surface area (Å²) in [6, 6.07) is 0. The summed E-state index contributed by atoms with van der Waals surface area (Å²) in [6.07, 6.45) is 7.41. The summed E-state index contributed by atoms with van der Waals surface area (Å²) in [5.41, 5.74) is 0. The Balaban J connectivity index is 2.19. The largest absolute Gasteiger partial charge is 0.393 e. The minimum absolute atomic E-state index is 0.0000406. The summed E-state index contributed by atoms with van der Waals surface area (Å²) in [5.74, 6) is 3.04. The average molecular weight is 202 g/mol. The van der Waals surface area contributed by atoms with Gasteiger partial charge in [0.05, 0.1) is 6.10 Å². The number of hydrogen-bond acceptors (Lipinski definition) is 2. The van der Waals surface area contributed by atoms with E-state index in [1.807, 2.05) is 11.8 Å². The van der Waals surface area contributed by atoms with Gasteiger partial charge in [-0.1, -0.05) is 26.2 Å². The zero-order chi connectivity index (χ0) is 9.52. The number of aliphatic hydroxyl groups is 1. The highest BCUT2D eigenvalue weighted by molar-refractivity contribution is 7.99. The summed E-state index contributed by atoms with van der Waals surface area (Å²) in [7, 11) is 0. The molecule has 0 aliphatic heterocycles. The lowest BCUT2D eigenvalue weighted by Gasteiger charge is -2.19. The van der Waals surface area contributed by atoms with Crippen molar-refractivity contribution in [3.8, 4) is 0 Å². The Kier molecular flexibility index (Phi) is 5.88. The molecule has 1 nitrogen and oxygen atoms in total. The lowest BCUT2D eigenvalue weighted by molar-refractivity contribution is 0.0991. The highest BCUT2D eigenvalue weighted by Gasteiger charge is 2.20. The molecule has 1 fully saturated rings. The summed E-state index contributed by atoms with van der Waals surface area (Å²) in [4.78, 5) is 0. The number of aliphatic hydroxyl groups excluding tert-OH is 1. The zero-order valence-corrected chi connectivity index (χ0v) is 9.48. The predicted molar refractivity (Wildman–Crippen MR) is 60.2 cm³/mol. The molecule has 0 saturated heterocycles. The smallest absolute Gasteiger partial charge is 0.0568 e. The van der Waals surface area contributed by atoms with Crippen molar-refractivity contribution in [3.05, 3.63) is 0 Å². The molecule has 2 atom stereocenters. The van der Waals surface area contributed by atoms with E-state index in [0.29, 0.717) is 5.92 Å². The minimum Gasteiger partial charge on any atom is -0.393 e. The van der Waals surface area contributed by atoms with Gasteiger partial charge in [0.1, 0.15) is 0 Å². The van der Waals surface area contributed by atoms with Crippen LogP contribution in [0.15, 0.2) is 0 Å². The van der Waals surface area contributed by atoms with Crippen LogP contribution in [0.2, 0.25) is 0 Å². The van der Waals surface area contributed by atoms with Crippen molar-refractivity contribution < 1.29 is 5.11 Å². The van der Waals surface area contributed by atoms with Gasteiger partial charge in [0, 0.05) is 0 Å². The molecule has 1 saturated carbocycles. The highest BCUT2D eigenvalue weighted by Crippen LogP contribution is 2.26. The maximum absolute atomic E-state index is 9.84. The molecule has 1 N–H and O–H groups in total. The van der Waals surface area contributed by atoms with Gasteiger partial charge in [-0.05, 0) is 36.7 Å². The molecule has 1 aliphatic rings. The van der Waals surface area contributed by atoms with Gasteiger partial charge in [-0.3, -0.25) is 0 Å².